The predicted octanol–water partition coefficient (Wildman–Crippen LogP) is 1.96. The van der Waals surface area contributed by atoms with Gasteiger partial charge in [-0.3, -0.25) is 4.98 Å². The van der Waals surface area contributed by atoms with Crippen molar-refractivity contribution in [2.75, 3.05) is 37.8 Å². The summed E-state index contributed by atoms with van der Waals surface area (Å²) in [6.45, 7) is 2.09. The highest BCUT2D eigenvalue weighted by molar-refractivity contribution is 9.10. The predicted molar refractivity (Wildman–Crippen MR) is 75.3 cm³/mol. The van der Waals surface area contributed by atoms with Crippen molar-refractivity contribution in [1.82, 2.24) is 9.88 Å². The maximum Gasteiger partial charge on any atom is 0.0776 e. The minimum absolute atomic E-state index is 0.600. The van der Waals surface area contributed by atoms with Crippen LogP contribution in [0.5, 0.6) is 0 Å². The number of halogens is 1. The average molecular weight is 299 g/mol. The van der Waals surface area contributed by atoms with E-state index in [-0.39, 0.29) is 0 Å². The second kappa shape index (κ2) is 5.23. The number of aromatic nitrogens is 1. The molecule has 1 saturated heterocycles. The SMILES string of the molecule is CN(C)C1CCCN(c2c(N)cncc2Br)C1. The number of nitrogens with two attached hydrogens (primary N) is 1. The fourth-order valence-corrected chi connectivity index (χ4v) is 2.95. The number of pyridine rings is 1. The van der Waals surface area contributed by atoms with Gasteiger partial charge in [0.05, 0.1) is 22.0 Å². The molecule has 0 aliphatic carbocycles. The molecule has 17 heavy (non-hydrogen) atoms. The Labute approximate surface area is 111 Å². The third-order valence-corrected chi connectivity index (χ3v) is 3.92. The van der Waals surface area contributed by atoms with Crippen LogP contribution >= 0.6 is 15.9 Å². The van der Waals surface area contributed by atoms with Gasteiger partial charge in [-0.05, 0) is 42.9 Å². The van der Waals surface area contributed by atoms with Crippen LogP contribution in [0.2, 0.25) is 0 Å². The average Bonchev–Trinajstić information content (AvgIpc) is 2.29. The van der Waals surface area contributed by atoms with Gasteiger partial charge in [0, 0.05) is 25.3 Å². The number of nitrogen functional groups attached to an aromatic ring is 1. The zero-order valence-electron chi connectivity index (χ0n) is 10.4. The Morgan fingerprint density at radius 1 is 1.47 bits per heavy atom. The second-order valence-corrected chi connectivity index (χ2v) is 5.62. The third-order valence-electron chi connectivity index (χ3n) is 3.34. The summed E-state index contributed by atoms with van der Waals surface area (Å²) in [4.78, 5) is 8.73. The molecule has 0 spiro atoms. The van der Waals surface area contributed by atoms with Gasteiger partial charge in [0.1, 0.15) is 0 Å². The summed E-state index contributed by atoms with van der Waals surface area (Å²) in [6, 6.07) is 0.600. The van der Waals surface area contributed by atoms with E-state index >= 15 is 0 Å². The molecule has 1 aromatic rings. The van der Waals surface area contributed by atoms with E-state index in [4.69, 9.17) is 5.73 Å². The van der Waals surface area contributed by atoms with Crippen molar-refractivity contribution < 1.29 is 0 Å². The number of piperidine rings is 1. The van der Waals surface area contributed by atoms with E-state index in [1.165, 1.54) is 12.8 Å². The molecule has 1 aliphatic heterocycles. The lowest BCUT2D eigenvalue weighted by Gasteiger charge is -2.38. The Kier molecular flexibility index (Phi) is 3.89. The molecular weight excluding hydrogens is 280 g/mol. The first-order valence-electron chi connectivity index (χ1n) is 5.90. The van der Waals surface area contributed by atoms with Gasteiger partial charge in [-0.15, -0.1) is 0 Å². The molecule has 0 amide bonds. The standard InChI is InChI=1S/C12H19BrN4/c1-16(2)9-4-3-5-17(8-9)12-10(13)6-15-7-11(12)14/h6-7,9H,3-5,8,14H2,1-2H3. The molecule has 0 saturated carbocycles. The van der Waals surface area contributed by atoms with E-state index in [2.05, 4.69) is 44.8 Å². The number of hydrogen-bond donors (Lipinski definition) is 1. The number of rotatable bonds is 2. The Balaban J connectivity index is 2.22. The molecule has 0 aromatic carbocycles. The first-order valence-corrected chi connectivity index (χ1v) is 6.69. The number of anilines is 2. The molecule has 0 bridgehead atoms. The Hall–Kier alpha value is -0.810. The lowest BCUT2D eigenvalue weighted by molar-refractivity contribution is 0.258. The summed E-state index contributed by atoms with van der Waals surface area (Å²) in [7, 11) is 4.28. The number of hydrogen-bond acceptors (Lipinski definition) is 4. The quantitative estimate of drug-likeness (QED) is 0.907. The summed E-state index contributed by atoms with van der Waals surface area (Å²) in [5.41, 5.74) is 7.86. The van der Waals surface area contributed by atoms with Gasteiger partial charge >= 0.3 is 0 Å². The molecule has 4 nitrogen and oxygen atoms in total. The second-order valence-electron chi connectivity index (χ2n) is 4.76. The minimum Gasteiger partial charge on any atom is -0.396 e. The maximum atomic E-state index is 6.03. The molecule has 1 fully saturated rings. The summed E-state index contributed by atoms with van der Waals surface area (Å²) < 4.78 is 0.983. The van der Waals surface area contributed by atoms with Crippen molar-refractivity contribution in [3.8, 4) is 0 Å². The third kappa shape index (κ3) is 2.72. The smallest absolute Gasteiger partial charge is 0.0776 e. The van der Waals surface area contributed by atoms with Crippen LogP contribution in [-0.4, -0.2) is 43.1 Å². The van der Waals surface area contributed by atoms with Gasteiger partial charge in [-0.2, -0.15) is 0 Å². The lowest BCUT2D eigenvalue weighted by atomic mass is 10.0. The lowest BCUT2D eigenvalue weighted by Crippen LogP contribution is -2.45. The van der Waals surface area contributed by atoms with Gasteiger partial charge in [-0.25, -0.2) is 0 Å². The summed E-state index contributed by atoms with van der Waals surface area (Å²) in [5, 5.41) is 0. The number of nitrogens with zero attached hydrogens (tertiary/aromatic N) is 3. The highest BCUT2D eigenvalue weighted by Crippen LogP contribution is 2.33. The van der Waals surface area contributed by atoms with Gasteiger partial charge in [-0.1, -0.05) is 0 Å². The van der Waals surface area contributed by atoms with Gasteiger partial charge in [0.2, 0.25) is 0 Å². The van der Waals surface area contributed by atoms with E-state index in [1.807, 2.05) is 6.20 Å². The van der Waals surface area contributed by atoms with E-state index in [0.29, 0.717) is 6.04 Å². The molecule has 1 aromatic heterocycles. The van der Waals surface area contributed by atoms with Crippen LogP contribution < -0.4 is 10.6 Å². The molecule has 2 rings (SSSR count). The normalized spacial score (nSPS) is 20.9. The van der Waals surface area contributed by atoms with E-state index in [9.17, 15) is 0 Å². The first-order chi connectivity index (χ1) is 8.09. The van der Waals surface area contributed by atoms with Crippen LogP contribution in [0.4, 0.5) is 11.4 Å². The van der Waals surface area contributed by atoms with Gasteiger partial charge < -0.3 is 15.5 Å². The Morgan fingerprint density at radius 2 is 2.24 bits per heavy atom. The van der Waals surface area contributed by atoms with Gasteiger partial charge in [0.15, 0.2) is 0 Å². The van der Waals surface area contributed by atoms with Crippen LogP contribution in [0.3, 0.4) is 0 Å². The molecular formula is C12H19BrN4. The molecule has 2 heterocycles. The Bertz CT molecular complexity index is 374. The van der Waals surface area contributed by atoms with E-state index in [1.54, 1.807) is 6.20 Å². The van der Waals surface area contributed by atoms with Crippen LogP contribution in [0.25, 0.3) is 0 Å². The van der Waals surface area contributed by atoms with Crippen LogP contribution in [-0.2, 0) is 0 Å². The van der Waals surface area contributed by atoms with Crippen molar-refractivity contribution >= 4 is 27.3 Å². The van der Waals surface area contributed by atoms with Crippen LogP contribution in [0, 0.1) is 0 Å². The molecule has 94 valence electrons. The molecule has 2 N–H and O–H groups in total. The van der Waals surface area contributed by atoms with Crippen LogP contribution in [0.1, 0.15) is 12.8 Å². The minimum atomic E-state index is 0.600. The highest BCUT2D eigenvalue weighted by Gasteiger charge is 2.24. The van der Waals surface area contributed by atoms with Gasteiger partial charge in [0.25, 0.3) is 0 Å². The van der Waals surface area contributed by atoms with Crippen molar-refractivity contribution in [1.29, 1.82) is 0 Å². The van der Waals surface area contributed by atoms with E-state index < -0.39 is 0 Å². The fourth-order valence-electron chi connectivity index (χ4n) is 2.36. The molecule has 5 heteroatoms. The molecule has 1 aliphatic rings. The summed E-state index contributed by atoms with van der Waals surface area (Å²) in [5.74, 6) is 0. The summed E-state index contributed by atoms with van der Waals surface area (Å²) >= 11 is 3.54. The topological polar surface area (TPSA) is 45.4 Å². The van der Waals surface area contributed by atoms with Crippen molar-refractivity contribution in [3.63, 3.8) is 0 Å². The fraction of sp³-hybridized carbons (Fsp3) is 0.583. The zero-order chi connectivity index (χ0) is 12.4. The summed E-state index contributed by atoms with van der Waals surface area (Å²) in [6.07, 6.45) is 5.99. The first kappa shape index (κ1) is 12.6. The number of likely N-dealkylation sites (N-methyl/N-ethyl adjacent to an activating group) is 1. The van der Waals surface area contributed by atoms with E-state index in [0.717, 1.165) is 28.9 Å². The largest absolute Gasteiger partial charge is 0.396 e. The Morgan fingerprint density at radius 3 is 2.88 bits per heavy atom. The molecule has 1 atom stereocenters. The molecule has 1 unspecified atom stereocenters. The highest BCUT2D eigenvalue weighted by atomic mass is 79.9. The maximum absolute atomic E-state index is 6.03. The van der Waals surface area contributed by atoms with Crippen LogP contribution in [0.15, 0.2) is 16.9 Å². The zero-order valence-corrected chi connectivity index (χ0v) is 11.9. The van der Waals surface area contributed by atoms with Crippen molar-refractivity contribution in [3.05, 3.63) is 16.9 Å². The molecule has 0 radical (unpaired) electrons. The van der Waals surface area contributed by atoms with Crippen molar-refractivity contribution in [2.45, 2.75) is 18.9 Å². The monoisotopic (exact) mass is 298 g/mol. The van der Waals surface area contributed by atoms with Crippen molar-refractivity contribution in [2.24, 2.45) is 0 Å².